The summed E-state index contributed by atoms with van der Waals surface area (Å²) >= 11 is 0. The van der Waals surface area contributed by atoms with Crippen molar-refractivity contribution in [3.63, 3.8) is 0 Å². The second-order valence-electron chi connectivity index (χ2n) is 8.21. The second-order valence-corrected chi connectivity index (χ2v) is 8.21. The molecule has 0 amide bonds. The van der Waals surface area contributed by atoms with Gasteiger partial charge in [0.05, 0.1) is 5.39 Å². The molecule has 178 valence electrons. The minimum Gasteiger partial charge on any atom is -0.456 e. The van der Waals surface area contributed by atoms with Crippen molar-refractivity contribution in [2.24, 2.45) is 0 Å². The van der Waals surface area contributed by atoms with Crippen molar-refractivity contribution in [3.05, 3.63) is 81.4 Å². The Bertz CT molecular complexity index is 1520. The second kappa shape index (κ2) is 9.05. The number of carbonyl (C=O) groups is 2. The van der Waals surface area contributed by atoms with Crippen molar-refractivity contribution < 1.29 is 23.8 Å². The maximum atomic E-state index is 12.8. The lowest BCUT2D eigenvalue weighted by Gasteiger charge is -2.11. The molecule has 0 unspecified atom stereocenters. The number of Topliss-reactive ketones (excluding diaryl/α,β-unsaturated/α-hetero) is 1. The summed E-state index contributed by atoms with van der Waals surface area (Å²) in [6.45, 7) is 3.63. The first-order valence-corrected chi connectivity index (χ1v) is 11.0. The van der Waals surface area contributed by atoms with Crippen LogP contribution in [0, 0.1) is 13.8 Å². The van der Waals surface area contributed by atoms with Gasteiger partial charge in [-0.1, -0.05) is 23.4 Å². The Hall–Kier alpha value is -4.47. The van der Waals surface area contributed by atoms with Gasteiger partial charge in [-0.25, -0.2) is 0 Å². The van der Waals surface area contributed by atoms with Crippen LogP contribution in [0.25, 0.3) is 10.9 Å². The van der Waals surface area contributed by atoms with E-state index in [1.807, 2.05) is 36.6 Å². The number of aromatic nitrogens is 4. The standard InChI is InChI=1S/C25H22N4O6/c1-15-9-19(16(2)28(15)11-17-7-8-22-23(10-17)35-14-34-22)21(30)13-33-24(31)12-29-25(32)18-5-3-4-6-20(18)26-27-29/h3-10H,11-14H2,1-2H3. The third kappa shape index (κ3) is 4.37. The molecular weight excluding hydrogens is 452 g/mol. The number of ether oxygens (including phenoxy) is 3. The summed E-state index contributed by atoms with van der Waals surface area (Å²) in [5.74, 6) is 0.326. The molecule has 1 aliphatic rings. The molecule has 35 heavy (non-hydrogen) atoms. The number of fused-ring (bicyclic) bond motifs is 2. The fraction of sp³-hybridized carbons (Fsp3) is 0.240. The molecule has 0 spiro atoms. The van der Waals surface area contributed by atoms with Gasteiger partial charge in [-0.2, -0.15) is 4.68 Å². The van der Waals surface area contributed by atoms with Crippen LogP contribution in [0.2, 0.25) is 0 Å². The van der Waals surface area contributed by atoms with E-state index in [0.29, 0.717) is 34.5 Å². The number of hydrogen-bond donors (Lipinski definition) is 0. The highest BCUT2D eigenvalue weighted by Gasteiger charge is 2.19. The zero-order valence-electron chi connectivity index (χ0n) is 19.2. The molecule has 0 aliphatic carbocycles. The first-order chi connectivity index (χ1) is 16.9. The van der Waals surface area contributed by atoms with Crippen molar-refractivity contribution in [3.8, 4) is 11.5 Å². The molecule has 0 bridgehead atoms. The summed E-state index contributed by atoms with van der Waals surface area (Å²) in [4.78, 5) is 37.6. The Kier molecular flexibility index (Phi) is 5.77. The smallest absolute Gasteiger partial charge is 0.328 e. The third-order valence-corrected chi connectivity index (χ3v) is 5.92. The molecule has 2 aromatic heterocycles. The number of esters is 1. The molecule has 3 heterocycles. The number of carbonyl (C=O) groups excluding carboxylic acids is 2. The Labute approximate surface area is 199 Å². The van der Waals surface area contributed by atoms with Gasteiger partial charge in [0, 0.05) is 23.5 Å². The first-order valence-electron chi connectivity index (χ1n) is 11.0. The van der Waals surface area contributed by atoms with Crippen molar-refractivity contribution >= 4 is 22.7 Å². The van der Waals surface area contributed by atoms with E-state index in [9.17, 15) is 14.4 Å². The van der Waals surface area contributed by atoms with E-state index in [4.69, 9.17) is 14.2 Å². The van der Waals surface area contributed by atoms with Gasteiger partial charge < -0.3 is 18.8 Å². The lowest BCUT2D eigenvalue weighted by Crippen LogP contribution is -2.29. The van der Waals surface area contributed by atoms with Gasteiger partial charge in [0.1, 0.15) is 12.1 Å². The molecule has 10 nitrogen and oxygen atoms in total. The predicted octanol–water partition coefficient (Wildman–Crippen LogP) is 2.41. The lowest BCUT2D eigenvalue weighted by atomic mass is 10.1. The summed E-state index contributed by atoms with van der Waals surface area (Å²) in [5.41, 5.74) is 3.12. The normalized spacial score (nSPS) is 12.2. The number of benzene rings is 2. The highest BCUT2D eigenvalue weighted by molar-refractivity contribution is 5.99. The van der Waals surface area contributed by atoms with E-state index in [1.54, 1.807) is 30.3 Å². The minimum atomic E-state index is -0.751. The zero-order chi connectivity index (χ0) is 24.5. The third-order valence-electron chi connectivity index (χ3n) is 5.92. The number of nitrogens with zero attached hydrogens (tertiary/aromatic N) is 4. The predicted molar refractivity (Wildman–Crippen MR) is 125 cm³/mol. The highest BCUT2D eigenvalue weighted by Crippen LogP contribution is 2.33. The van der Waals surface area contributed by atoms with Crippen molar-refractivity contribution in [1.82, 2.24) is 19.6 Å². The lowest BCUT2D eigenvalue weighted by molar-refractivity contribution is -0.143. The van der Waals surface area contributed by atoms with Gasteiger partial charge in [0.25, 0.3) is 5.56 Å². The van der Waals surface area contributed by atoms with E-state index in [-0.39, 0.29) is 12.6 Å². The largest absolute Gasteiger partial charge is 0.456 e. The zero-order valence-corrected chi connectivity index (χ0v) is 19.2. The average molecular weight is 474 g/mol. The molecule has 0 N–H and O–H groups in total. The Balaban J connectivity index is 1.24. The van der Waals surface area contributed by atoms with Crippen LogP contribution in [0.5, 0.6) is 11.5 Å². The van der Waals surface area contributed by atoms with Gasteiger partial charge in [-0.05, 0) is 49.7 Å². The van der Waals surface area contributed by atoms with Crippen molar-refractivity contribution in [2.45, 2.75) is 26.9 Å². The first kappa shape index (κ1) is 22.3. The highest BCUT2D eigenvalue weighted by atomic mass is 16.7. The van der Waals surface area contributed by atoms with Crippen LogP contribution < -0.4 is 15.0 Å². The van der Waals surface area contributed by atoms with E-state index >= 15 is 0 Å². The molecule has 5 rings (SSSR count). The Morgan fingerprint density at radius 3 is 2.71 bits per heavy atom. The average Bonchev–Trinajstić information content (AvgIpc) is 3.44. The fourth-order valence-corrected chi connectivity index (χ4v) is 4.07. The van der Waals surface area contributed by atoms with Gasteiger partial charge in [0.15, 0.2) is 18.1 Å². The maximum absolute atomic E-state index is 12.8. The summed E-state index contributed by atoms with van der Waals surface area (Å²) < 4.78 is 18.9. The van der Waals surface area contributed by atoms with Crippen molar-refractivity contribution in [2.75, 3.05) is 13.4 Å². The molecule has 0 saturated heterocycles. The SMILES string of the molecule is Cc1cc(C(=O)COC(=O)Cn2nnc3ccccc3c2=O)c(C)n1Cc1ccc2c(c1)OCO2. The van der Waals surface area contributed by atoms with Gasteiger partial charge in [-0.15, -0.1) is 5.10 Å². The fourth-order valence-electron chi connectivity index (χ4n) is 4.07. The van der Waals surface area contributed by atoms with Gasteiger partial charge in [-0.3, -0.25) is 14.4 Å². The summed E-state index contributed by atoms with van der Waals surface area (Å²) in [7, 11) is 0. The number of ketones is 1. The molecule has 0 atom stereocenters. The van der Waals surface area contributed by atoms with Crippen LogP contribution in [0.1, 0.15) is 27.3 Å². The van der Waals surface area contributed by atoms with E-state index in [0.717, 1.165) is 21.6 Å². The molecule has 10 heteroatoms. The van der Waals surface area contributed by atoms with Crippen LogP contribution in [0.4, 0.5) is 0 Å². The summed E-state index contributed by atoms with van der Waals surface area (Å²) in [5, 5.41) is 8.05. The van der Waals surface area contributed by atoms with E-state index in [1.165, 1.54) is 0 Å². The van der Waals surface area contributed by atoms with Crippen LogP contribution in [-0.4, -0.2) is 44.7 Å². The number of hydrogen-bond acceptors (Lipinski definition) is 8. The molecule has 0 fully saturated rings. The maximum Gasteiger partial charge on any atom is 0.328 e. The van der Waals surface area contributed by atoms with Crippen LogP contribution in [0.3, 0.4) is 0 Å². The summed E-state index contributed by atoms with van der Waals surface area (Å²) in [6, 6.07) is 14.2. The Morgan fingerprint density at radius 2 is 1.86 bits per heavy atom. The quantitative estimate of drug-likeness (QED) is 0.296. The molecule has 2 aromatic carbocycles. The van der Waals surface area contributed by atoms with Crippen LogP contribution >= 0.6 is 0 Å². The van der Waals surface area contributed by atoms with E-state index < -0.39 is 24.7 Å². The summed E-state index contributed by atoms with van der Waals surface area (Å²) in [6.07, 6.45) is 0. The van der Waals surface area contributed by atoms with Crippen LogP contribution in [0.15, 0.2) is 53.3 Å². The molecule has 1 aliphatic heterocycles. The molecule has 4 aromatic rings. The molecule has 0 saturated carbocycles. The van der Waals surface area contributed by atoms with Crippen LogP contribution in [-0.2, 0) is 22.6 Å². The monoisotopic (exact) mass is 474 g/mol. The van der Waals surface area contributed by atoms with Crippen molar-refractivity contribution in [1.29, 1.82) is 0 Å². The number of rotatable bonds is 7. The Morgan fingerprint density at radius 1 is 1.06 bits per heavy atom. The number of aryl methyl sites for hydroxylation is 1. The van der Waals surface area contributed by atoms with Gasteiger partial charge in [0.2, 0.25) is 12.6 Å². The molecular formula is C25H22N4O6. The minimum absolute atomic E-state index is 0.208. The van der Waals surface area contributed by atoms with E-state index in [2.05, 4.69) is 10.3 Å². The molecule has 0 radical (unpaired) electrons. The van der Waals surface area contributed by atoms with Gasteiger partial charge >= 0.3 is 5.97 Å². The topological polar surface area (TPSA) is 115 Å².